The van der Waals surface area contributed by atoms with E-state index in [0.29, 0.717) is 19.4 Å². The summed E-state index contributed by atoms with van der Waals surface area (Å²) in [6.45, 7) is 5.47. The van der Waals surface area contributed by atoms with Crippen LogP contribution in [-0.2, 0) is 6.18 Å². The predicted octanol–water partition coefficient (Wildman–Crippen LogP) is 3.87. The Hall–Kier alpha value is -1.96. The van der Waals surface area contributed by atoms with E-state index in [1.54, 1.807) is 20.8 Å². The van der Waals surface area contributed by atoms with Gasteiger partial charge in [-0.25, -0.2) is 4.79 Å². The first kappa shape index (κ1) is 19.4. The summed E-state index contributed by atoms with van der Waals surface area (Å²) in [4.78, 5) is 13.9. The average molecular weight is 360 g/mol. The van der Waals surface area contributed by atoms with Crippen LogP contribution in [0.2, 0.25) is 0 Å². The molecule has 2 N–H and O–H groups in total. The Bertz CT molecular complexity index is 627. The number of ether oxygens (including phenoxy) is 1. The summed E-state index contributed by atoms with van der Waals surface area (Å²) in [7, 11) is 0. The number of carbonyl (C=O) groups is 1. The standard InChI is InChI=1S/C17H23F3N2O3/c1-4-25-11-7-8-13(12(10-11)17(18,19)20)21-15(23)22-9-5-6-14(22)16(2,3)24/h7-8,10,14,24H,4-6,9H2,1-3H3,(H,21,23). The zero-order chi connectivity index (χ0) is 18.8. The first-order valence-electron chi connectivity index (χ1n) is 8.18. The number of benzene rings is 1. The van der Waals surface area contributed by atoms with Crippen molar-refractivity contribution in [3.8, 4) is 5.75 Å². The summed E-state index contributed by atoms with van der Waals surface area (Å²) in [5, 5.41) is 12.5. The minimum absolute atomic E-state index is 0.0864. The largest absolute Gasteiger partial charge is 0.494 e. The molecule has 1 saturated heterocycles. The Kier molecular flexibility index (Phi) is 5.51. The second kappa shape index (κ2) is 7.11. The van der Waals surface area contributed by atoms with Crippen molar-refractivity contribution < 1.29 is 27.8 Å². The molecular weight excluding hydrogens is 337 g/mol. The molecule has 1 fully saturated rings. The molecule has 0 saturated carbocycles. The molecule has 0 aliphatic carbocycles. The molecule has 5 nitrogen and oxygen atoms in total. The number of likely N-dealkylation sites (tertiary alicyclic amines) is 1. The highest BCUT2D eigenvalue weighted by molar-refractivity contribution is 5.91. The van der Waals surface area contributed by atoms with Gasteiger partial charge in [-0.15, -0.1) is 0 Å². The maximum Gasteiger partial charge on any atom is 0.418 e. The molecule has 25 heavy (non-hydrogen) atoms. The number of alkyl halides is 3. The van der Waals surface area contributed by atoms with Gasteiger partial charge in [-0.1, -0.05) is 0 Å². The summed E-state index contributed by atoms with van der Waals surface area (Å²) in [5.41, 5.74) is -2.42. The van der Waals surface area contributed by atoms with Gasteiger partial charge < -0.3 is 20.1 Å². The van der Waals surface area contributed by atoms with Crippen LogP contribution in [0.25, 0.3) is 0 Å². The van der Waals surface area contributed by atoms with E-state index in [1.807, 2.05) is 0 Å². The number of hydrogen-bond acceptors (Lipinski definition) is 3. The number of carbonyl (C=O) groups excluding carboxylic acids is 1. The molecule has 8 heteroatoms. The van der Waals surface area contributed by atoms with Crippen LogP contribution >= 0.6 is 0 Å². The van der Waals surface area contributed by atoms with E-state index in [2.05, 4.69) is 5.32 Å². The molecule has 0 bridgehead atoms. The van der Waals surface area contributed by atoms with Crippen LogP contribution in [0, 0.1) is 0 Å². The summed E-state index contributed by atoms with van der Waals surface area (Å²) < 4.78 is 45.0. The number of nitrogens with one attached hydrogen (secondary N) is 1. The third-order valence-corrected chi connectivity index (χ3v) is 4.18. The smallest absolute Gasteiger partial charge is 0.418 e. The monoisotopic (exact) mass is 360 g/mol. The van der Waals surface area contributed by atoms with E-state index in [4.69, 9.17) is 4.74 Å². The van der Waals surface area contributed by atoms with Gasteiger partial charge in [-0.3, -0.25) is 0 Å². The van der Waals surface area contributed by atoms with E-state index in [9.17, 15) is 23.1 Å². The fraction of sp³-hybridized carbons (Fsp3) is 0.588. The predicted molar refractivity (Wildman–Crippen MR) is 87.7 cm³/mol. The number of urea groups is 1. The van der Waals surface area contributed by atoms with E-state index >= 15 is 0 Å². The average Bonchev–Trinajstić information content (AvgIpc) is 2.97. The maximum absolute atomic E-state index is 13.3. The number of aliphatic hydroxyl groups is 1. The van der Waals surface area contributed by atoms with Gasteiger partial charge in [-0.05, 0) is 51.8 Å². The second-order valence-electron chi connectivity index (χ2n) is 6.57. The Balaban J connectivity index is 2.25. The highest BCUT2D eigenvalue weighted by Gasteiger charge is 2.40. The minimum Gasteiger partial charge on any atom is -0.494 e. The molecular formula is C17H23F3N2O3. The molecule has 1 heterocycles. The van der Waals surface area contributed by atoms with E-state index in [1.165, 1.54) is 17.0 Å². The van der Waals surface area contributed by atoms with Gasteiger partial charge in [0.15, 0.2) is 0 Å². The van der Waals surface area contributed by atoms with Gasteiger partial charge in [0.25, 0.3) is 0 Å². The van der Waals surface area contributed by atoms with Crippen LogP contribution in [0.4, 0.5) is 23.7 Å². The van der Waals surface area contributed by atoms with Crippen molar-refractivity contribution in [1.29, 1.82) is 0 Å². The number of halogens is 3. The zero-order valence-corrected chi connectivity index (χ0v) is 14.5. The van der Waals surface area contributed by atoms with Gasteiger partial charge in [0.05, 0.1) is 29.5 Å². The van der Waals surface area contributed by atoms with Gasteiger partial charge in [0, 0.05) is 6.54 Å². The normalized spacial score (nSPS) is 18.4. The summed E-state index contributed by atoms with van der Waals surface area (Å²) in [6, 6.07) is 2.34. The van der Waals surface area contributed by atoms with Gasteiger partial charge in [0.1, 0.15) is 5.75 Å². The molecule has 140 valence electrons. The third kappa shape index (κ3) is 4.56. The lowest BCUT2D eigenvalue weighted by Gasteiger charge is -2.34. The van der Waals surface area contributed by atoms with Crippen molar-refractivity contribution in [2.75, 3.05) is 18.5 Å². The van der Waals surface area contributed by atoms with Crippen LogP contribution in [0.5, 0.6) is 5.75 Å². The highest BCUT2D eigenvalue weighted by atomic mass is 19.4. The lowest BCUT2D eigenvalue weighted by molar-refractivity contribution is -0.137. The van der Waals surface area contributed by atoms with Crippen molar-refractivity contribution in [1.82, 2.24) is 4.90 Å². The molecule has 1 aliphatic rings. The fourth-order valence-corrected chi connectivity index (χ4v) is 3.05. The number of amides is 2. The third-order valence-electron chi connectivity index (χ3n) is 4.18. The van der Waals surface area contributed by atoms with E-state index in [0.717, 1.165) is 6.07 Å². The van der Waals surface area contributed by atoms with E-state index in [-0.39, 0.29) is 18.0 Å². The molecule has 1 aromatic rings. The molecule has 0 spiro atoms. The number of anilines is 1. The minimum atomic E-state index is -4.63. The summed E-state index contributed by atoms with van der Waals surface area (Å²) in [5.74, 6) is 0.0864. The molecule has 1 aliphatic heterocycles. The quantitative estimate of drug-likeness (QED) is 0.857. The molecule has 1 atom stereocenters. The van der Waals surface area contributed by atoms with Gasteiger partial charge in [0.2, 0.25) is 0 Å². The second-order valence-corrected chi connectivity index (χ2v) is 6.57. The lowest BCUT2D eigenvalue weighted by Crippen LogP contribution is -2.49. The highest BCUT2D eigenvalue weighted by Crippen LogP contribution is 2.37. The lowest BCUT2D eigenvalue weighted by atomic mass is 9.97. The number of hydrogen-bond donors (Lipinski definition) is 2. The molecule has 2 amide bonds. The molecule has 0 radical (unpaired) electrons. The summed E-state index contributed by atoms with van der Waals surface area (Å²) in [6.07, 6.45) is -3.33. The van der Waals surface area contributed by atoms with Crippen LogP contribution in [0.3, 0.4) is 0 Å². The Morgan fingerprint density at radius 2 is 2.08 bits per heavy atom. The van der Waals surface area contributed by atoms with Crippen LogP contribution in [0.15, 0.2) is 18.2 Å². The van der Waals surface area contributed by atoms with Crippen LogP contribution in [-0.4, -0.2) is 40.8 Å². The Labute approximate surface area is 144 Å². The van der Waals surface area contributed by atoms with Crippen LogP contribution < -0.4 is 10.1 Å². The molecule has 1 aromatic carbocycles. The molecule has 2 rings (SSSR count). The van der Waals surface area contributed by atoms with Gasteiger partial charge in [-0.2, -0.15) is 13.2 Å². The first-order valence-corrected chi connectivity index (χ1v) is 8.18. The zero-order valence-electron chi connectivity index (χ0n) is 14.5. The Morgan fingerprint density at radius 3 is 2.64 bits per heavy atom. The number of rotatable bonds is 4. The van der Waals surface area contributed by atoms with E-state index < -0.39 is 29.4 Å². The summed E-state index contributed by atoms with van der Waals surface area (Å²) >= 11 is 0. The maximum atomic E-state index is 13.3. The van der Waals surface area contributed by atoms with Crippen molar-refractivity contribution in [3.63, 3.8) is 0 Å². The SMILES string of the molecule is CCOc1ccc(NC(=O)N2CCCC2C(C)(C)O)c(C(F)(F)F)c1. The topological polar surface area (TPSA) is 61.8 Å². The van der Waals surface area contributed by atoms with Crippen molar-refractivity contribution in [2.45, 2.75) is 51.4 Å². The van der Waals surface area contributed by atoms with Crippen molar-refractivity contribution in [2.24, 2.45) is 0 Å². The molecule has 0 aromatic heterocycles. The van der Waals surface area contributed by atoms with Gasteiger partial charge >= 0.3 is 12.2 Å². The molecule has 1 unspecified atom stereocenters. The van der Waals surface area contributed by atoms with Crippen molar-refractivity contribution in [3.05, 3.63) is 23.8 Å². The van der Waals surface area contributed by atoms with Crippen molar-refractivity contribution >= 4 is 11.7 Å². The van der Waals surface area contributed by atoms with Crippen LogP contribution in [0.1, 0.15) is 39.2 Å². The first-order chi connectivity index (χ1) is 11.5. The Morgan fingerprint density at radius 1 is 1.40 bits per heavy atom. The number of nitrogens with zero attached hydrogens (tertiary/aromatic N) is 1. The fourth-order valence-electron chi connectivity index (χ4n) is 3.05.